The maximum Gasteiger partial charge on any atom is 0.191 e. The predicted molar refractivity (Wildman–Crippen MR) is 91.9 cm³/mol. The van der Waals surface area contributed by atoms with Gasteiger partial charge in [-0.15, -0.1) is 24.0 Å². The monoisotopic (exact) mass is 390 g/mol. The number of halogens is 1. The van der Waals surface area contributed by atoms with Gasteiger partial charge in [0.05, 0.1) is 12.7 Å². The van der Waals surface area contributed by atoms with Crippen molar-refractivity contribution in [1.82, 2.24) is 15.6 Å². The smallest absolute Gasteiger partial charge is 0.191 e. The molecule has 112 valence electrons. The normalized spacial score (nSPS) is 15.6. The van der Waals surface area contributed by atoms with Gasteiger partial charge in [-0.25, -0.2) is 0 Å². The molecule has 0 atom stereocenters. The molecule has 5 nitrogen and oxygen atoms in total. The first-order valence-corrected chi connectivity index (χ1v) is 6.88. The number of aliphatic imine (C=N–C) groups is 1. The quantitative estimate of drug-likeness (QED) is 0.350. The summed E-state index contributed by atoms with van der Waals surface area (Å²) >= 11 is 0. The van der Waals surface area contributed by atoms with Crippen LogP contribution in [-0.4, -0.2) is 37.2 Å². The van der Waals surface area contributed by atoms with E-state index in [1.54, 1.807) is 19.4 Å². The van der Waals surface area contributed by atoms with Gasteiger partial charge in [-0.1, -0.05) is 12.8 Å². The second-order valence-corrected chi connectivity index (χ2v) is 4.66. The number of ether oxygens (including phenoxy) is 1. The van der Waals surface area contributed by atoms with Crippen molar-refractivity contribution in [1.29, 1.82) is 0 Å². The molecule has 0 aliphatic heterocycles. The molecular formula is C14H23IN4O. The van der Waals surface area contributed by atoms with Crippen LogP contribution in [0.25, 0.3) is 0 Å². The van der Waals surface area contributed by atoms with Crippen LogP contribution >= 0.6 is 24.0 Å². The van der Waals surface area contributed by atoms with Gasteiger partial charge in [0.2, 0.25) is 0 Å². The number of hydrogen-bond donors (Lipinski definition) is 2. The number of hydrogen-bond acceptors (Lipinski definition) is 3. The summed E-state index contributed by atoms with van der Waals surface area (Å²) in [4.78, 5) is 8.22. The minimum atomic E-state index is 0. The van der Waals surface area contributed by atoms with Crippen molar-refractivity contribution in [3.63, 3.8) is 0 Å². The van der Waals surface area contributed by atoms with Gasteiger partial charge in [-0.3, -0.25) is 9.98 Å². The van der Waals surface area contributed by atoms with Gasteiger partial charge in [0.15, 0.2) is 5.96 Å². The Morgan fingerprint density at radius 3 is 2.90 bits per heavy atom. The molecule has 20 heavy (non-hydrogen) atoms. The number of aromatic nitrogens is 1. The van der Waals surface area contributed by atoms with E-state index < -0.39 is 0 Å². The van der Waals surface area contributed by atoms with Gasteiger partial charge >= 0.3 is 0 Å². The lowest BCUT2D eigenvalue weighted by molar-refractivity contribution is 0.320. The van der Waals surface area contributed by atoms with E-state index in [0.29, 0.717) is 12.6 Å². The van der Waals surface area contributed by atoms with E-state index in [-0.39, 0.29) is 24.0 Å². The van der Waals surface area contributed by atoms with Crippen molar-refractivity contribution >= 4 is 29.9 Å². The molecule has 6 heteroatoms. The molecule has 0 unspecified atom stereocenters. The van der Waals surface area contributed by atoms with Crippen LogP contribution in [0.1, 0.15) is 25.7 Å². The van der Waals surface area contributed by atoms with E-state index in [2.05, 4.69) is 20.6 Å². The fourth-order valence-corrected chi connectivity index (χ4v) is 2.23. The molecule has 0 spiro atoms. The zero-order valence-corrected chi connectivity index (χ0v) is 14.2. The van der Waals surface area contributed by atoms with Crippen LogP contribution in [0.5, 0.6) is 5.75 Å². The molecule has 0 aromatic carbocycles. The Bertz CT molecular complexity index is 393. The van der Waals surface area contributed by atoms with E-state index in [0.717, 1.165) is 18.3 Å². The molecule has 1 aliphatic rings. The summed E-state index contributed by atoms with van der Waals surface area (Å²) in [5.41, 5.74) is 0. The minimum absolute atomic E-state index is 0. The van der Waals surface area contributed by atoms with Crippen LogP contribution in [-0.2, 0) is 0 Å². The topological polar surface area (TPSA) is 58.5 Å². The Labute approximate surface area is 137 Å². The highest BCUT2D eigenvalue weighted by molar-refractivity contribution is 14.0. The lowest BCUT2D eigenvalue weighted by atomic mass is 10.2. The number of nitrogens with one attached hydrogen (secondary N) is 2. The number of nitrogens with zero attached hydrogens (tertiary/aromatic N) is 2. The number of rotatable bonds is 5. The highest BCUT2D eigenvalue weighted by atomic mass is 127. The van der Waals surface area contributed by atoms with Gasteiger partial charge in [0.1, 0.15) is 12.4 Å². The molecule has 0 bridgehead atoms. The highest BCUT2D eigenvalue weighted by Crippen LogP contribution is 2.17. The lowest BCUT2D eigenvalue weighted by Crippen LogP contribution is -2.43. The number of pyridine rings is 1. The van der Waals surface area contributed by atoms with Crippen molar-refractivity contribution in [3.8, 4) is 5.75 Å². The SMILES string of the molecule is CN=C(NCCOc1cccnc1)NC1CCCC1.I. The first-order chi connectivity index (χ1) is 9.38. The van der Waals surface area contributed by atoms with E-state index in [4.69, 9.17) is 4.74 Å². The van der Waals surface area contributed by atoms with Gasteiger partial charge in [-0.05, 0) is 25.0 Å². The number of guanidine groups is 1. The average Bonchev–Trinajstić information content (AvgIpc) is 2.96. The van der Waals surface area contributed by atoms with Crippen molar-refractivity contribution in [2.24, 2.45) is 4.99 Å². The van der Waals surface area contributed by atoms with E-state index in [1.807, 2.05) is 12.1 Å². The molecule has 0 amide bonds. The summed E-state index contributed by atoms with van der Waals surface area (Å²) in [5, 5.41) is 6.70. The van der Waals surface area contributed by atoms with E-state index in [1.165, 1.54) is 25.7 Å². The first kappa shape index (κ1) is 17.0. The van der Waals surface area contributed by atoms with Gasteiger partial charge in [-0.2, -0.15) is 0 Å². The fraction of sp³-hybridized carbons (Fsp3) is 0.571. The summed E-state index contributed by atoms with van der Waals surface area (Å²) in [6, 6.07) is 4.34. The first-order valence-electron chi connectivity index (χ1n) is 6.88. The third-order valence-corrected chi connectivity index (χ3v) is 3.22. The second kappa shape index (κ2) is 9.79. The Morgan fingerprint density at radius 1 is 1.45 bits per heavy atom. The molecule has 1 saturated carbocycles. The predicted octanol–water partition coefficient (Wildman–Crippen LogP) is 2.19. The molecule has 0 saturated heterocycles. The fourth-order valence-electron chi connectivity index (χ4n) is 2.23. The summed E-state index contributed by atoms with van der Waals surface area (Å²) in [6.45, 7) is 1.32. The third kappa shape index (κ3) is 5.94. The zero-order chi connectivity index (χ0) is 13.3. The standard InChI is InChI=1S/C14H22N4O.HI/c1-15-14(18-12-5-2-3-6-12)17-9-10-19-13-7-4-8-16-11-13;/h4,7-8,11-12H,2-3,5-6,9-10H2,1H3,(H2,15,17,18);1H. The van der Waals surface area contributed by atoms with Gasteiger partial charge in [0, 0.05) is 19.3 Å². The molecular weight excluding hydrogens is 367 g/mol. The Morgan fingerprint density at radius 2 is 2.25 bits per heavy atom. The molecule has 2 N–H and O–H groups in total. The largest absolute Gasteiger partial charge is 0.490 e. The third-order valence-electron chi connectivity index (χ3n) is 3.22. The molecule has 1 fully saturated rings. The molecule has 0 radical (unpaired) electrons. The Balaban J connectivity index is 0.00000200. The van der Waals surface area contributed by atoms with Crippen LogP contribution in [0, 0.1) is 0 Å². The summed E-state index contributed by atoms with van der Waals surface area (Å²) in [6.07, 6.45) is 8.57. The summed E-state index contributed by atoms with van der Waals surface area (Å²) in [5.74, 6) is 1.66. The van der Waals surface area contributed by atoms with Crippen molar-refractivity contribution in [2.45, 2.75) is 31.7 Å². The van der Waals surface area contributed by atoms with Gasteiger partial charge < -0.3 is 15.4 Å². The molecule has 1 aromatic heterocycles. The molecule has 1 aliphatic carbocycles. The maximum absolute atomic E-state index is 5.56. The summed E-state index contributed by atoms with van der Waals surface area (Å²) < 4.78 is 5.56. The van der Waals surface area contributed by atoms with Crippen LogP contribution in [0.15, 0.2) is 29.5 Å². The van der Waals surface area contributed by atoms with Crippen LogP contribution in [0.3, 0.4) is 0 Å². The Kier molecular flexibility index (Phi) is 8.32. The van der Waals surface area contributed by atoms with Crippen LogP contribution < -0.4 is 15.4 Å². The Hall–Kier alpha value is -1.05. The molecule has 1 aromatic rings. The van der Waals surface area contributed by atoms with Crippen molar-refractivity contribution in [3.05, 3.63) is 24.5 Å². The summed E-state index contributed by atoms with van der Waals surface area (Å²) in [7, 11) is 1.80. The van der Waals surface area contributed by atoms with Crippen LogP contribution in [0.2, 0.25) is 0 Å². The maximum atomic E-state index is 5.56. The van der Waals surface area contributed by atoms with Crippen molar-refractivity contribution < 1.29 is 4.74 Å². The zero-order valence-electron chi connectivity index (χ0n) is 11.8. The highest BCUT2D eigenvalue weighted by Gasteiger charge is 2.15. The second-order valence-electron chi connectivity index (χ2n) is 4.66. The van der Waals surface area contributed by atoms with Gasteiger partial charge in [0.25, 0.3) is 0 Å². The van der Waals surface area contributed by atoms with E-state index in [9.17, 15) is 0 Å². The van der Waals surface area contributed by atoms with E-state index >= 15 is 0 Å². The molecule has 1 heterocycles. The lowest BCUT2D eigenvalue weighted by Gasteiger charge is -2.16. The average molecular weight is 390 g/mol. The van der Waals surface area contributed by atoms with Crippen LogP contribution in [0.4, 0.5) is 0 Å². The minimum Gasteiger partial charge on any atom is -0.490 e. The molecule has 2 rings (SSSR count). The van der Waals surface area contributed by atoms with Crippen molar-refractivity contribution in [2.75, 3.05) is 20.2 Å².